The van der Waals surface area contributed by atoms with Crippen molar-refractivity contribution in [2.75, 3.05) is 0 Å². The fourth-order valence-electron chi connectivity index (χ4n) is 5.12. The molecule has 4 aromatic carbocycles. The summed E-state index contributed by atoms with van der Waals surface area (Å²) >= 11 is 0. The molecule has 2 aliphatic rings. The van der Waals surface area contributed by atoms with E-state index in [9.17, 15) is 0 Å². The minimum Gasteiger partial charge on any atom is -0.503 e. The number of ether oxygens (including phenoxy) is 2. The molecule has 1 radical (unpaired) electrons. The Kier molecular flexibility index (Phi) is 7.28. The Morgan fingerprint density at radius 2 is 1.25 bits per heavy atom. The first-order chi connectivity index (χ1) is 19.4. The molecule has 0 bridgehead atoms. The molecule has 0 unspecified atom stereocenters. The zero-order valence-corrected chi connectivity index (χ0v) is 23.6. The van der Waals surface area contributed by atoms with Crippen molar-refractivity contribution in [2.24, 2.45) is 0 Å². The third kappa shape index (κ3) is 4.73. The van der Waals surface area contributed by atoms with E-state index in [1.54, 1.807) is 12.4 Å². The molecule has 40 heavy (non-hydrogen) atoms. The molecule has 2 aromatic heterocycles. The van der Waals surface area contributed by atoms with E-state index in [0.717, 1.165) is 61.9 Å². The van der Waals surface area contributed by atoms with Crippen LogP contribution in [0.2, 0.25) is 0 Å². The van der Waals surface area contributed by atoms with Gasteiger partial charge in [-0.1, -0.05) is 54.1 Å². The fourth-order valence-corrected chi connectivity index (χ4v) is 5.12. The number of hydrogen-bond donors (Lipinski definition) is 0. The summed E-state index contributed by atoms with van der Waals surface area (Å²) in [6.07, 6.45) is 3.58. The second kappa shape index (κ2) is 11.3. The van der Waals surface area contributed by atoms with Gasteiger partial charge in [0.1, 0.15) is 17.2 Å². The zero-order chi connectivity index (χ0) is 26.0. The molecule has 8 rings (SSSR count). The van der Waals surface area contributed by atoms with Gasteiger partial charge in [-0.15, -0.1) is 59.6 Å². The van der Waals surface area contributed by atoms with E-state index in [-0.39, 0.29) is 26.8 Å². The van der Waals surface area contributed by atoms with Gasteiger partial charge < -0.3 is 19.4 Å². The van der Waals surface area contributed by atoms with Crippen molar-refractivity contribution in [1.29, 1.82) is 0 Å². The molecular weight excluding hydrogens is 671 g/mol. The quantitative estimate of drug-likeness (QED) is 0.169. The summed E-state index contributed by atoms with van der Waals surface area (Å²) in [5.41, 5.74) is 7.10. The molecule has 0 amide bonds. The van der Waals surface area contributed by atoms with Gasteiger partial charge >= 0.3 is 0 Å². The molecule has 0 saturated carbocycles. The second-order valence-corrected chi connectivity index (χ2v) is 9.19. The van der Waals surface area contributed by atoms with Gasteiger partial charge in [0, 0.05) is 43.7 Å². The van der Waals surface area contributed by atoms with Crippen LogP contribution in [0.5, 0.6) is 23.0 Å². The topological polar surface area (TPSA) is 44.2 Å². The van der Waals surface area contributed by atoms with E-state index in [1.165, 1.54) is 0 Å². The Morgan fingerprint density at radius 3 is 2.00 bits per heavy atom. The van der Waals surface area contributed by atoms with Crippen LogP contribution in [0.3, 0.4) is 0 Å². The van der Waals surface area contributed by atoms with Crippen molar-refractivity contribution in [3.05, 3.63) is 140 Å². The Labute approximate surface area is 247 Å². The smallest absolute Gasteiger partial charge is 0.241 e. The first-order valence-electron chi connectivity index (χ1n) is 12.8. The average molecular weight is 693 g/mol. The summed E-state index contributed by atoms with van der Waals surface area (Å²) in [4.78, 5) is 8.72. The van der Waals surface area contributed by atoms with Crippen LogP contribution in [-0.4, -0.2) is 16.7 Å². The summed E-state index contributed by atoms with van der Waals surface area (Å²) in [7, 11) is 0. The van der Waals surface area contributed by atoms with E-state index in [4.69, 9.17) is 9.47 Å². The van der Waals surface area contributed by atoms with Gasteiger partial charge in [-0.05, 0) is 47.2 Å². The fraction of sp³-hybridized carbons (Fsp3) is 0. The Balaban J connectivity index is 0.000000188. The maximum Gasteiger partial charge on any atom is 0.241 e. The third-order valence-corrected chi connectivity index (χ3v) is 6.84. The molecule has 193 valence electrons. The van der Waals surface area contributed by atoms with E-state index in [1.807, 2.05) is 97.1 Å². The number of pyridine rings is 2. The van der Waals surface area contributed by atoms with Crippen LogP contribution in [0.1, 0.15) is 0 Å². The number of para-hydroxylation sites is 1. The number of nitrogens with zero attached hydrogens (tertiary/aromatic N) is 2. The predicted octanol–water partition coefficient (Wildman–Crippen LogP) is 5.82. The maximum absolute atomic E-state index is 6.37. The number of aromatic nitrogens is 2. The number of rotatable bonds is 2. The molecule has 0 fully saturated rings. The SMILES string of the molecule is [Ir].[c-]1ccc2c(c1-c1ccccn1)Oc1cccc3c1B2c1ccccc1O3.[c-]1ccccc1-c1ccccn1. The van der Waals surface area contributed by atoms with E-state index in [2.05, 4.69) is 40.3 Å². The normalized spacial score (nSPS) is 11.7. The standard InChI is InChI=1S/C23H13BNO2.C11H8N.Ir/c1-2-11-19-16(8-1)24-17-9-5-7-15(18-10-3-4-14-25-18)23(17)27-21-13-6-12-20(26-19)22(21)24;1-2-6-10(7-3-1)11-8-4-5-9-12-11;/h1-6,8-14H;1-6,8-9H;/q2*-1;. The molecule has 2 aliphatic heterocycles. The summed E-state index contributed by atoms with van der Waals surface area (Å²) in [5.74, 6) is 3.40. The van der Waals surface area contributed by atoms with Crippen LogP contribution in [0, 0.1) is 12.1 Å². The molecule has 0 N–H and O–H groups in total. The zero-order valence-electron chi connectivity index (χ0n) is 21.2. The number of benzene rings is 4. The van der Waals surface area contributed by atoms with Gasteiger partial charge in [0.15, 0.2) is 0 Å². The molecule has 0 aliphatic carbocycles. The van der Waals surface area contributed by atoms with Crippen molar-refractivity contribution in [3.63, 3.8) is 0 Å². The summed E-state index contributed by atoms with van der Waals surface area (Å²) in [6, 6.07) is 44.3. The van der Waals surface area contributed by atoms with Crippen molar-refractivity contribution < 1.29 is 29.6 Å². The van der Waals surface area contributed by atoms with Crippen LogP contribution < -0.4 is 25.9 Å². The average Bonchev–Trinajstić information content (AvgIpc) is 3.02. The Hall–Kier alpha value is -4.51. The molecule has 4 nitrogen and oxygen atoms in total. The molecule has 0 atom stereocenters. The van der Waals surface area contributed by atoms with Gasteiger partial charge in [0.2, 0.25) is 6.71 Å². The van der Waals surface area contributed by atoms with Crippen molar-refractivity contribution in [1.82, 2.24) is 9.97 Å². The number of hydrogen-bond acceptors (Lipinski definition) is 4. The summed E-state index contributed by atoms with van der Waals surface area (Å²) in [5, 5.41) is 0. The molecule has 6 heteroatoms. The van der Waals surface area contributed by atoms with Crippen LogP contribution in [0.15, 0.2) is 128 Å². The van der Waals surface area contributed by atoms with E-state index in [0.29, 0.717) is 0 Å². The summed E-state index contributed by atoms with van der Waals surface area (Å²) in [6.45, 7) is 0.0713. The van der Waals surface area contributed by atoms with E-state index >= 15 is 0 Å². The maximum atomic E-state index is 6.37. The first-order valence-corrected chi connectivity index (χ1v) is 12.8. The Bertz CT molecular complexity index is 1730. The summed E-state index contributed by atoms with van der Waals surface area (Å²) < 4.78 is 12.5. The van der Waals surface area contributed by atoms with Crippen LogP contribution >= 0.6 is 0 Å². The largest absolute Gasteiger partial charge is 0.503 e. The monoisotopic (exact) mass is 693 g/mol. The Morgan fingerprint density at radius 1 is 0.550 bits per heavy atom. The molecule has 0 saturated heterocycles. The van der Waals surface area contributed by atoms with Gasteiger partial charge in [-0.25, -0.2) is 0 Å². The van der Waals surface area contributed by atoms with Crippen molar-refractivity contribution >= 4 is 23.1 Å². The minimum absolute atomic E-state index is 0. The van der Waals surface area contributed by atoms with Crippen molar-refractivity contribution in [3.8, 4) is 45.5 Å². The van der Waals surface area contributed by atoms with Crippen LogP contribution in [0.25, 0.3) is 22.5 Å². The molecule has 0 spiro atoms. The number of fused-ring (bicyclic) bond motifs is 4. The molecule has 6 aromatic rings. The van der Waals surface area contributed by atoms with E-state index < -0.39 is 0 Å². The minimum atomic E-state index is 0. The van der Waals surface area contributed by atoms with Gasteiger partial charge in [-0.3, -0.25) is 0 Å². The van der Waals surface area contributed by atoms with Crippen LogP contribution in [0.4, 0.5) is 0 Å². The molecule has 4 heterocycles. The van der Waals surface area contributed by atoms with Crippen molar-refractivity contribution in [2.45, 2.75) is 0 Å². The van der Waals surface area contributed by atoms with Gasteiger partial charge in [0.05, 0.1) is 0 Å². The van der Waals surface area contributed by atoms with Gasteiger partial charge in [0.25, 0.3) is 0 Å². The molecular formula is C34H21BIrN2O2-2. The van der Waals surface area contributed by atoms with Crippen LogP contribution in [-0.2, 0) is 20.1 Å². The first kappa shape index (κ1) is 25.8. The van der Waals surface area contributed by atoms with Gasteiger partial charge in [-0.2, -0.15) is 0 Å². The predicted molar refractivity (Wildman–Crippen MR) is 155 cm³/mol. The second-order valence-electron chi connectivity index (χ2n) is 9.19. The third-order valence-electron chi connectivity index (χ3n) is 6.84.